The average Bonchev–Trinajstić information content (AvgIpc) is 3.01. The molecule has 3 aromatic rings. The van der Waals surface area contributed by atoms with E-state index in [0.717, 1.165) is 16.9 Å². The molecular formula is C16H16ClF2IN5PS. The Morgan fingerprint density at radius 3 is 2.67 bits per heavy atom. The largest absolute Gasteiger partial charge is 0.352 e. The molecule has 1 unspecified atom stereocenters. The molecule has 1 aromatic carbocycles. The molecule has 3 rings (SSSR count). The third-order valence-electron chi connectivity index (χ3n) is 3.93. The van der Waals surface area contributed by atoms with Crippen LogP contribution in [0.2, 0.25) is 5.15 Å². The van der Waals surface area contributed by atoms with Gasteiger partial charge in [-0.3, -0.25) is 4.34 Å². The van der Waals surface area contributed by atoms with Crippen LogP contribution in [0, 0.1) is 6.92 Å². The Bertz CT molecular complexity index is 987. The molecule has 27 heavy (non-hydrogen) atoms. The number of anilines is 3. The first-order valence-corrected chi connectivity index (χ1v) is 13.4. The van der Waals surface area contributed by atoms with Gasteiger partial charge in [0.15, 0.2) is 11.5 Å². The van der Waals surface area contributed by atoms with Crippen LogP contribution in [-0.4, -0.2) is 27.6 Å². The molecule has 0 saturated carbocycles. The molecule has 11 heteroatoms. The standard InChI is InChI=1S/C16H16ClF2IN5PS/c1-8-4-5-9(11(6-8)24(2)27-3)21-10-7-12(17)22-15-13(10)23-16(14(18)19)25(15)26-20/h4-7,14,26H,1-3H3,(H,21,22). The van der Waals surface area contributed by atoms with Gasteiger partial charge in [-0.15, -0.1) is 0 Å². The molecule has 0 amide bonds. The van der Waals surface area contributed by atoms with Gasteiger partial charge in [-0.1, -0.05) is 29.6 Å². The Labute approximate surface area is 179 Å². The minimum absolute atomic E-state index is 0.0361. The van der Waals surface area contributed by atoms with E-state index in [0.29, 0.717) is 16.9 Å². The molecule has 2 heterocycles. The molecule has 1 atom stereocenters. The van der Waals surface area contributed by atoms with Gasteiger partial charge in [0.1, 0.15) is 10.7 Å². The van der Waals surface area contributed by atoms with Gasteiger partial charge in [-0.05, 0) is 46.7 Å². The van der Waals surface area contributed by atoms with E-state index in [9.17, 15) is 8.78 Å². The van der Waals surface area contributed by atoms with Gasteiger partial charge >= 0.3 is 0 Å². The van der Waals surface area contributed by atoms with Crippen LogP contribution < -0.4 is 9.62 Å². The van der Waals surface area contributed by atoms with Crippen LogP contribution in [0.3, 0.4) is 0 Å². The van der Waals surface area contributed by atoms with Crippen molar-refractivity contribution in [1.29, 1.82) is 0 Å². The Balaban J connectivity index is 2.16. The predicted octanol–water partition coefficient (Wildman–Crippen LogP) is 6.58. The Hall–Kier alpha value is -0.900. The van der Waals surface area contributed by atoms with Crippen molar-refractivity contribution in [3.05, 3.63) is 40.8 Å². The van der Waals surface area contributed by atoms with E-state index >= 15 is 0 Å². The average molecular weight is 542 g/mol. The van der Waals surface area contributed by atoms with Crippen molar-refractivity contribution in [3.8, 4) is 0 Å². The quantitative estimate of drug-likeness (QED) is 0.165. The zero-order valence-electron chi connectivity index (χ0n) is 14.6. The first-order valence-electron chi connectivity index (χ1n) is 7.75. The molecule has 0 spiro atoms. The van der Waals surface area contributed by atoms with E-state index in [-0.39, 0.29) is 17.4 Å². The van der Waals surface area contributed by atoms with Gasteiger partial charge in [0.05, 0.1) is 23.4 Å². The maximum atomic E-state index is 13.4. The maximum Gasteiger partial charge on any atom is 0.295 e. The van der Waals surface area contributed by atoms with Gasteiger partial charge in [-0.2, -0.15) is 0 Å². The lowest BCUT2D eigenvalue weighted by molar-refractivity contribution is 0.140. The zero-order chi connectivity index (χ0) is 19.7. The molecule has 0 fully saturated rings. The minimum atomic E-state index is -2.69. The third-order valence-corrected chi connectivity index (χ3v) is 6.92. The number of nitrogens with zero attached hydrogens (tertiary/aromatic N) is 4. The molecule has 144 valence electrons. The van der Waals surface area contributed by atoms with Crippen molar-refractivity contribution >= 4 is 80.2 Å². The summed E-state index contributed by atoms with van der Waals surface area (Å²) in [5.74, 6) is -0.305. The molecule has 0 saturated heterocycles. The lowest BCUT2D eigenvalue weighted by Gasteiger charge is -2.21. The second kappa shape index (κ2) is 8.63. The summed E-state index contributed by atoms with van der Waals surface area (Å²) in [6, 6.07) is 7.59. The molecule has 1 N–H and O–H groups in total. The Morgan fingerprint density at radius 1 is 1.30 bits per heavy atom. The number of halogens is 4. The molecule has 0 radical (unpaired) electrons. The second-order valence-corrected chi connectivity index (χ2v) is 9.04. The number of nitrogens with one attached hydrogen (secondary N) is 1. The van der Waals surface area contributed by atoms with Gasteiger partial charge < -0.3 is 9.62 Å². The fraction of sp³-hybridized carbons (Fsp3) is 0.250. The number of hydrogen-bond acceptors (Lipinski definition) is 5. The predicted molar refractivity (Wildman–Crippen MR) is 122 cm³/mol. The number of fused-ring (bicyclic) bond motifs is 1. The number of rotatable bonds is 6. The summed E-state index contributed by atoms with van der Waals surface area (Å²) in [5, 5.41) is 3.52. The molecular weight excluding hydrogens is 526 g/mol. The van der Waals surface area contributed by atoms with Crippen molar-refractivity contribution in [3.63, 3.8) is 0 Å². The first kappa shape index (κ1) is 20.8. The van der Waals surface area contributed by atoms with Crippen molar-refractivity contribution in [2.45, 2.75) is 13.3 Å². The van der Waals surface area contributed by atoms with E-state index in [4.69, 9.17) is 11.6 Å². The third kappa shape index (κ3) is 4.26. The fourth-order valence-corrected chi connectivity index (χ4v) is 5.04. The topological polar surface area (TPSA) is 46.0 Å². The summed E-state index contributed by atoms with van der Waals surface area (Å²) < 4.78 is 30.2. The van der Waals surface area contributed by atoms with E-state index in [1.807, 2.05) is 64.8 Å². The van der Waals surface area contributed by atoms with Gasteiger partial charge in [-0.25, -0.2) is 18.7 Å². The van der Waals surface area contributed by atoms with E-state index in [2.05, 4.69) is 15.3 Å². The Morgan fingerprint density at radius 2 is 2.04 bits per heavy atom. The van der Waals surface area contributed by atoms with Crippen LogP contribution in [0.15, 0.2) is 24.3 Å². The van der Waals surface area contributed by atoms with Gasteiger partial charge in [0.25, 0.3) is 6.43 Å². The van der Waals surface area contributed by atoms with Crippen LogP contribution >= 0.6 is 52.0 Å². The summed E-state index contributed by atoms with van der Waals surface area (Å²) in [6.45, 7) is 2.01. The monoisotopic (exact) mass is 541 g/mol. The maximum absolute atomic E-state index is 13.4. The second-order valence-electron chi connectivity index (χ2n) is 5.68. The van der Waals surface area contributed by atoms with Crippen LogP contribution in [0.4, 0.5) is 25.8 Å². The van der Waals surface area contributed by atoms with Crippen LogP contribution in [-0.2, 0) is 0 Å². The van der Waals surface area contributed by atoms with Crippen LogP contribution in [0.25, 0.3) is 11.2 Å². The molecule has 0 aliphatic carbocycles. The number of aromatic nitrogens is 3. The summed E-state index contributed by atoms with van der Waals surface area (Å²) in [7, 11) is 1.96. The number of alkyl halides is 2. The molecule has 5 nitrogen and oxygen atoms in total. The van der Waals surface area contributed by atoms with E-state index in [1.165, 1.54) is 4.34 Å². The van der Waals surface area contributed by atoms with E-state index < -0.39 is 6.43 Å². The molecule has 0 aliphatic heterocycles. The number of imidazole rings is 1. The highest BCUT2D eigenvalue weighted by atomic mass is 127. The van der Waals surface area contributed by atoms with Crippen LogP contribution in [0.1, 0.15) is 17.8 Å². The highest BCUT2D eigenvalue weighted by Crippen LogP contribution is 2.39. The van der Waals surface area contributed by atoms with Gasteiger partial charge in [0.2, 0.25) is 0 Å². The molecule has 0 aliphatic rings. The Kier molecular flexibility index (Phi) is 6.66. The van der Waals surface area contributed by atoms with E-state index in [1.54, 1.807) is 18.0 Å². The number of hydrogen-bond donors (Lipinski definition) is 1. The molecule has 0 bridgehead atoms. The summed E-state index contributed by atoms with van der Waals surface area (Å²) >= 11 is 9.77. The number of benzene rings is 1. The summed E-state index contributed by atoms with van der Waals surface area (Å²) in [6.07, 6.45) is -0.675. The first-order chi connectivity index (χ1) is 12.8. The SMILES string of the molecule is CSN(C)c1cc(C)ccc1Nc1cc(Cl)nc2c1nc(C(F)F)n2PI. The zero-order valence-corrected chi connectivity index (χ0v) is 19.3. The van der Waals surface area contributed by atoms with Crippen molar-refractivity contribution in [1.82, 2.24) is 14.3 Å². The highest BCUT2D eigenvalue weighted by Gasteiger charge is 2.22. The van der Waals surface area contributed by atoms with Gasteiger partial charge in [0, 0.05) is 19.4 Å². The number of pyridine rings is 1. The smallest absolute Gasteiger partial charge is 0.295 e. The van der Waals surface area contributed by atoms with Crippen molar-refractivity contribution < 1.29 is 8.78 Å². The van der Waals surface area contributed by atoms with Crippen molar-refractivity contribution in [2.24, 2.45) is 0 Å². The fourth-order valence-electron chi connectivity index (χ4n) is 2.61. The lowest BCUT2D eigenvalue weighted by Crippen LogP contribution is -2.08. The number of aryl methyl sites for hydroxylation is 1. The minimum Gasteiger partial charge on any atom is -0.352 e. The van der Waals surface area contributed by atoms with Crippen molar-refractivity contribution in [2.75, 3.05) is 22.9 Å². The highest BCUT2D eigenvalue weighted by molar-refractivity contribution is 14.2. The van der Waals surface area contributed by atoms with Crippen LogP contribution in [0.5, 0.6) is 0 Å². The molecule has 2 aromatic heterocycles. The summed E-state index contributed by atoms with van der Waals surface area (Å²) in [4.78, 5) is 8.36. The summed E-state index contributed by atoms with van der Waals surface area (Å²) in [5.41, 5.74) is 4.17. The normalized spacial score (nSPS) is 11.9. The lowest BCUT2D eigenvalue weighted by atomic mass is 10.2.